The molecule has 1 N–H and O–H groups in total. The molecule has 1 saturated heterocycles. The number of halogens is 3. The van der Waals surface area contributed by atoms with Gasteiger partial charge in [-0.3, -0.25) is 0 Å². The van der Waals surface area contributed by atoms with Crippen molar-refractivity contribution >= 4 is 0 Å². The zero-order valence-corrected chi connectivity index (χ0v) is 7.80. The van der Waals surface area contributed by atoms with Crippen molar-refractivity contribution in [2.24, 2.45) is 0 Å². The normalized spacial score (nSPS) is 23.0. The molecule has 1 aliphatic rings. The number of hydrogen-bond donors (Lipinski definition) is 1. The topological polar surface area (TPSA) is 34.4 Å². The Labute approximate surface area is 84.2 Å². The van der Waals surface area contributed by atoms with Gasteiger partial charge in [-0.25, -0.2) is 0 Å². The van der Waals surface area contributed by atoms with Gasteiger partial charge in [0.1, 0.15) is 5.76 Å². The van der Waals surface area contributed by atoms with Gasteiger partial charge < -0.3 is 14.5 Å². The van der Waals surface area contributed by atoms with Crippen LogP contribution >= 0.6 is 0 Å². The summed E-state index contributed by atoms with van der Waals surface area (Å²) in [6, 6.07) is 1.98. The molecule has 2 heterocycles. The Kier molecular flexibility index (Phi) is 2.70. The molecule has 0 saturated carbocycles. The van der Waals surface area contributed by atoms with Crippen molar-refractivity contribution in [3.8, 4) is 0 Å². The molecule has 0 spiro atoms. The van der Waals surface area contributed by atoms with E-state index in [0.717, 1.165) is 6.07 Å². The predicted molar refractivity (Wildman–Crippen MR) is 45.3 cm³/mol. The van der Waals surface area contributed by atoms with E-state index in [4.69, 9.17) is 9.15 Å². The molecule has 6 heteroatoms. The summed E-state index contributed by atoms with van der Waals surface area (Å²) in [5.74, 6) is -0.702. The molecule has 15 heavy (non-hydrogen) atoms. The summed E-state index contributed by atoms with van der Waals surface area (Å²) in [5.41, 5.74) is 0. The molecular weight excluding hydrogens is 211 g/mol. The second-order valence-electron chi connectivity index (χ2n) is 3.28. The van der Waals surface area contributed by atoms with Crippen molar-refractivity contribution in [3.05, 3.63) is 23.7 Å². The van der Waals surface area contributed by atoms with E-state index in [9.17, 15) is 13.2 Å². The average Bonchev–Trinajstić information content (AvgIpc) is 2.67. The van der Waals surface area contributed by atoms with Gasteiger partial charge in [0, 0.05) is 6.54 Å². The maximum atomic E-state index is 12.2. The summed E-state index contributed by atoms with van der Waals surface area (Å²) in [5, 5.41) is 3.01. The quantitative estimate of drug-likeness (QED) is 0.787. The van der Waals surface area contributed by atoms with Gasteiger partial charge >= 0.3 is 6.18 Å². The Bertz CT molecular complexity index is 328. The molecule has 0 aliphatic carbocycles. The number of furan rings is 1. The Balaban J connectivity index is 2.12. The third-order valence-corrected chi connectivity index (χ3v) is 2.17. The van der Waals surface area contributed by atoms with Crippen molar-refractivity contribution in [3.63, 3.8) is 0 Å². The first-order valence-electron chi connectivity index (χ1n) is 4.55. The minimum absolute atomic E-state index is 0.266. The lowest BCUT2D eigenvalue weighted by atomic mass is 10.2. The zero-order chi connectivity index (χ0) is 10.9. The van der Waals surface area contributed by atoms with Crippen molar-refractivity contribution in [2.45, 2.75) is 12.2 Å². The first-order valence-corrected chi connectivity index (χ1v) is 4.55. The predicted octanol–water partition coefficient (Wildman–Crippen LogP) is 1.96. The van der Waals surface area contributed by atoms with Crippen molar-refractivity contribution in [1.29, 1.82) is 0 Å². The van der Waals surface area contributed by atoms with Gasteiger partial charge in [0.05, 0.1) is 19.3 Å². The van der Waals surface area contributed by atoms with E-state index in [-0.39, 0.29) is 11.8 Å². The number of rotatable bonds is 1. The summed E-state index contributed by atoms with van der Waals surface area (Å²) in [6.07, 6.45) is -4.42. The van der Waals surface area contributed by atoms with E-state index in [0.29, 0.717) is 19.8 Å². The second kappa shape index (κ2) is 3.86. The molecule has 1 atom stereocenters. The molecule has 84 valence electrons. The van der Waals surface area contributed by atoms with E-state index < -0.39 is 11.9 Å². The summed E-state index contributed by atoms with van der Waals surface area (Å²) < 4.78 is 46.5. The van der Waals surface area contributed by atoms with Crippen LogP contribution in [0.25, 0.3) is 0 Å². The van der Waals surface area contributed by atoms with Crippen LogP contribution in [0, 0.1) is 0 Å². The zero-order valence-electron chi connectivity index (χ0n) is 7.80. The van der Waals surface area contributed by atoms with Crippen molar-refractivity contribution < 1.29 is 22.3 Å². The number of hydrogen-bond acceptors (Lipinski definition) is 3. The van der Waals surface area contributed by atoms with Crippen LogP contribution in [0.3, 0.4) is 0 Å². The van der Waals surface area contributed by atoms with E-state index in [1.165, 1.54) is 6.07 Å². The standard InChI is InChI=1S/C9H10F3NO2/c10-9(11,12)8-2-1-7(15-8)6-5-14-4-3-13-6/h1-2,6,13H,3-5H2. The van der Waals surface area contributed by atoms with Gasteiger partial charge in [0.25, 0.3) is 0 Å². The minimum Gasteiger partial charge on any atom is -0.455 e. The lowest BCUT2D eigenvalue weighted by Crippen LogP contribution is -2.34. The molecule has 2 rings (SSSR count). The highest BCUT2D eigenvalue weighted by Gasteiger charge is 2.35. The molecule has 3 nitrogen and oxygen atoms in total. The van der Waals surface area contributed by atoms with Crippen LogP contribution in [0.15, 0.2) is 16.5 Å². The molecule has 1 unspecified atom stereocenters. The summed E-state index contributed by atoms with van der Waals surface area (Å²) >= 11 is 0. The Morgan fingerprint density at radius 1 is 1.33 bits per heavy atom. The molecule has 1 fully saturated rings. The molecule has 1 aliphatic heterocycles. The molecule has 0 bridgehead atoms. The van der Waals surface area contributed by atoms with Crippen LogP contribution in [0.4, 0.5) is 13.2 Å². The average molecular weight is 221 g/mol. The monoisotopic (exact) mass is 221 g/mol. The van der Waals surface area contributed by atoms with E-state index in [1.54, 1.807) is 0 Å². The lowest BCUT2D eigenvalue weighted by Gasteiger charge is -2.21. The lowest BCUT2D eigenvalue weighted by molar-refractivity contribution is -0.153. The van der Waals surface area contributed by atoms with E-state index in [2.05, 4.69) is 5.32 Å². The fourth-order valence-corrected chi connectivity index (χ4v) is 1.44. The fourth-order valence-electron chi connectivity index (χ4n) is 1.44. The van der Waals surface area contributed by atoms with Crippen LogP contribution < -0.4 is 5.32 Å². The molecule has 0 amide bonds. The van der Waals surface area contributed by atoms with Crippen molar-refractivity contribution in [2.75, 3.05) is 19.8 Å². The highest BCUT2D eigenvalue weighted by atomic mass is 19.4. The highest BCUT2D eigenvalue weighted by Crippen LogP contribution is 2.32. The molecule has 0 aromatic carbocycles. The summed E-state index contributed by atoms with van der Waals surface area (Å²) in [6.45, 7) is 1.53. The second-order valence-corrected chi connectivity index (χ2v) is 3.28. The van der Waals surface area contributed by atoms with E-state index in [1.807, 2.05) is 0 Å². The maximum Gasteiger partial charge on any atom is 0.449 e. The molecule has 1 aromatic rings. The van der Waals surface area contributed by atoms with Gasteiger partial charge in [0.2, 0.25) is 5.76 Å². The van der Waals surface area contributed by atoms with Crippen LogP contribution in [0.5, 0.6) is 0 Å². The van der Waals surface area contributed by atoms with Crippen LogP contribution in [-0.2, 0) is 10.9 Å². The van der Waals surface area contributed by atoms with Gasteiger partial charge in [-0.15, -0.1) is 0 Å². The van der Waals surface area contributed by atoms with Crippen LogP contribution in [0.1, 0.15) is 17.6 Å². The van der Waals surface area contributed by atoms with Gasteiger partial charge in [-0.1, -0.05) is 0 Å². The largest absolute Gasteiger partial charge is 0.455 e. The van der Waals surface area contributed by atoms with Crippen LogP contribution in [0.2, 0.25) is 0 Å². The number of ether oxygens (including phenoxy) is 1. The maximum absolute atomic E-state index is 12.2. The SMILES string of the molecule is FC(F)(F)c1ccc(C2COCCN2)o1. The van der Waals surface area contributed by atoms with Gasteiger partial charge in [0.15, 0.2) is 0 Å². The highest BCUT2D eigenvalue weighted by molar-refractivity contribution is 5.13. The number of alkyl halides is 3. The van der Waals surface area contributed by atoms with Crippen LogP contribution in [-0.4, -0.2) is 19.8 Å². The summed E-state index contributed by atoms with van der Waals surface area (Å²) in [7, 11) is 0. The molecule has 1 aromatic heterocycles. The third-order valence-electron chi connectivity index (χ3n) is 2.17. The Morgan fingerprint density at radius 3 is 2.67 bits per heavy atom. The first-order chi connectivity index (χ1) is 7.07. The summed E-state index contributed by atoms with van der Waals surface area (Å²) in [4.78, 5) is 0. The Hall–Kier alpha value is -1.01. The smallest absolute Gasteiger partial charge is 0.449 e. The molecule has 0 radical (unpaired) electrons. The van der Waals surface area contributed by atoms with Gasteiger partial charge in [-0.2, -0.15) is 13.2 Å². The molecular formula is C9H10F3NO2. The minimum atomic E-state index is -4.42. The Morgan fingerprint density at radius 2 is 2.13 bits per heavy atom. The van der Waals surface area contributed by atoms with E-state index >= 15 is 0 Å². The number of morpholine rings is 1. The first kappa shape index (κ1) is 10.5. The van der Waals surface area contributed by atoms with Crippen molar-refractivity contribution in [1.82, 2.24) is 5.32 Å². The fraction of sp³-hybridized carbons (Fsp3) is 0.556. The third kappa shape index (κ3) is 2.32. The number of nitrogens with one attached hydrogen (secondary N) is 1. The van der Waals surface area contributed by atoms with Gasteiger partial charge in [-0.05, 0) is 12.1 Å².